The molecule has 98 valence electrons. The van der Waals surface area contributed by atoms with E-state index in [-0.39, 0.29) is 0 Å². The van der Waals surface area contributed by atoms with Gasteiger partial charge in [0.25, 0.3) is 0 Å². The smallest absolute Gasteiger partial charge is 0.160 e. The van der Waals surface area contributed by atoms with Gasteiger partial charge in [-0.05, 0) is 23.6 Å². The molecule has 0 aliphatic heterocycles. The molecule has 0 amide bonds. The Hall–Kier alpha value is -1.92. The van der Waals surface area contributed by atoms with Crippen molar-refractivity contribution in [1.29, 1.82) is 0 Å². The molecule has 3 aromatic rings. The van der Waals surface area contributed by atoms with Gasteiger partial charge >= 0.3 is 0 Å². The molecule has 5 nitrogen and oxygen atoms in total. The molecule has 3 N–H and O–H groups in total. The van der Waals surface area contributed by atoms with E-state index in [1.807, 2.05) is 40.2 Å². The minimum atomic E-state index is 0.806. The van der Waals surface area contributed by atoms with Crippen LogP contribution >= 0.6 is 11.3 Å². The van der Waals surface area contributed by atoms with Crippen molar-refractivity contribution in [1.82, 2.24) is 19.9 Å². The highest BCUT2D eigenvalue weighted by Gasteiger charge is 2.04. The quantitative estimate of drug-likeness (QED) is 0.694. The lowest BCUT2D eigenvalue weighted by atomic mass is 10.3. The van der Waals surface area contributed by atoms with Gasteiger partial charge in [-0.25, -0.2) is 0 Å². The normalized spacial score (nSPS) is 11.2. The molecular weight excluding hydrogens is 258 g/mol. The number of nitrogen functional groups attached to an aromatic ring is 1. The van der Waals surface area contributed by atoms with E-state index in [0.717, 1.165) is 36.7 Å². The fourth-order valence-corrected chi connectivity index (χ4v) is 2.73. The summed E-state index contributed by atoms with van der Waals surface area (Å²) in [6.45, 7) is 1.66. The standard InChI is InChI=1S/C13H15N5S/c14-10-5-8-19-11(10)9-15-6-4-13-17-16-12-3-1-2-7-18(12)13/h1-3,5,7-8,15H,4,6,9,14H2. The first-order valence-electron chi connectivity index (χ1n) is 6.16. The predicted molar refractivity (Wildman–Crippen MR) is 77.1 cm³/mol. The number of nitrogens with zero attached hydrogens (tertiary/aromatic N) is 3. The van der Waals surface area contributed by atoms with Crippen LogP contribution in [0, 0.1) is 0 Å². The molecule has 3 heterocycles. The lowest BCUT2D eigenvalue weighted by Crippen LogP contribution is -2.17. The number of hydrogen-bond acceptors (Lipinski definition) is 5. The number of aromatic nitrogens is 3. The van der Waals surface area contributed by atoms with Gasteiger partial charge in [-0.2, -0.15) is 0 Å². The van der Waals surface area contributed by atoms with E-state index < -0.39 is 0 Å². The van der Waals surface area contributed by atoms with Crippen LogP contribution in [0.1, 0.15) is 10.7 Å². The third kappa shape index (κ3) is 2.59. The van der Waals surface area contributed by atoms with E-state index in [9.17, 15) is 0 Å². The van der Waals surface area contributed by atoms with Crippen LogP contribution in [0.3, 0.4) is 0 Å². The maximum absolute atomic E-state index is 5.84. The van der Waals surface area contributed by atoms with Crippen LogP contribution < -0.4 is 11.1 Å². The zero-order valence-corrected chi connectivity index (χ0v) is 11.2. The van der Waals surface area contributed by atoms with E-state index in [0.29, 0.717) is 0 Å². The van der Waals surface area contributed by atoms with Crippen molar-refractivity contribution in [2.24, 2.45) is 0 Å². The van der Waals surface area contributed by atoms with Crippen molar-refractivity contribution in [3.05, 3.63) is 46.5 Å². The number of nitrogens with two attached hydrogens (primary N) is 1. The summed E-state index contributed by atoms with van der Waals surface area (Å²) in [5.74, 6) is 0.974. The van der Waals surface area contributed by atoms with Crippen molar-refractivity contribution < 1.29 is 0 Å². The van der Waals surface area contributed by atoms with E-state index in [1.54, 1.807) is 11.3 Å². The van der Waals surface area contributed by atoms with Gasteiger partial charge in [0, 0.05) is 36.3 Å². The van der Waals surface area contributed by atoms with Crippen molar-refractivity contribution in [2.45, 2.75) is 13.0 Å². The van der Waals surface area contributed by atoms with Gasteiger partial charge in [-0.3, -0.25) is 4.40 Å². The monoisotopic (exact) mass is 273 g/mol. The number of rotatable bonds is 5. The van der Waals surface area contributed by atoms with Crippen LogP contribution in [0.4, 0.5) is 5.69 Å². The van der Waals surface area contributed by atoms with E-state index >= 15 is 0 Å². The van der Waals surface area contributed by atoms with E-state index in [4.69, 9.17) is 5.73 Å². The topological polar surface area (TPSA) is 68.2 Å². The second-order valence-corrected chi connectivity index (χ2v) is 5.27. The minimum absolute atomic E-state index is 0.806. The van der Waals surface area contributed by atoms with Crippen LogP contribution in [0.25, 0.3) is 5.65 Å². The molecule has 0 atom stereocenters. The summed E-state index contributed by atoms with van der Waals surface area (Å²) in [5, 5.41) is 13.7. The van der Waals surface area contributed by atoms with Gasteiger partial charge in [0.05, 0.1) is 0 Å². The largest absolute Gasteiger partial charge is 0.398 e. The Balaban J connectivity index is 1.57. The zero-order chi connectivity index (χ0) is 13.1. The number of hydrogen-bond donors (Lipinski definition) is 2. The number of pyridine rings is 1. The van der Waals surface area contributed by atoms with Crippen molar-refractivity contribution in [3.8, 4) is 0 Å². The summed E-state index contributed by atoms with van der Waals surface area (Å²) in [5.41, 5.74) is 7.59. The third-order valence-electron chi connectivity index (χ3n) is 2.98. The minimum Gasteiger partial charge on any atom is -0.398 e. The van der Waals surface area contributed by atoms with Crippen LogP contribution in [-0.2, 0) is 13.0 Å². The lowest BCUT2D eigenvalue weighted by molar-refractivity contribution is 0.673. The zero-order valence-electron chi connectivity index (χ0n) is 10.4. The molecule has 0 bridgehead atoms. The Morgan fingerprint density at radius 2 is 2.21 bits per heavy atom. The Morgan fingerprint density at radius 3 is 3.05 bits per heavy atom. The lowest BCUT2D eigenvalue weighted by Gasteiger charge is -2.03. The Labute approximate surface area is 115 Å². The molecule has 0 fully saturated rings. The summed E-state index contributed by atoms with van der Waals surface area (Å²) < 4.78 is 2.02. The predicted octanol–water partition coefficient (Wildman–Crippen LogP) is 1.71. The summed E-state index contributed by atoms with van der Waals surface area (Å²) in [7, 11) is 0. The molecule has 0 aliphatic rings. The SMILES string of the molecule is Nc1ccsc1CNCCc1nnc2ccccn12. The van der Waals surface area contributed by atoms with Gasteiger partial charge < -0.3 is 11.1 Å². The summed E-state index contributed by atoms with van der Waals surface area (Å²) in [6, 6.07) is 7.84. The fraction of sp³-hybridized carbons (Fsp3) is 0.231. The molecule has 19 heavy (non-hydrogen) atoms. The highest BCUT2D eigenvalue weighted by Crippen LogP contribution is 2.17. The number of fused-ring (bicyclic) bond motifs is 1. The first-order valence-corrected chi connectivity index (χ1v) is 7.04. The summed E-state index contributed by atoms with van der Waals surface area (Å²) >= 11 is 1.68. The van der Waals surface area contributed by atoms with E-state index in [1.165, 1.54) is 4.88 Å². The second-order valence-electron chi connectivity index (χ2n) is 4.27. The average Bonchev–Trinajstić information content (AvgIpc) is 3.02. The van der Waals surface area contributed by atoms with Crippen molar-refractivity contribution >= 4 is 22.7 Å². The summed E-state index contributed by atoms with van der Waals surface area (Å²) in [4.78, 5) is 1.19. The molecule has 0 unspecified atom stereocenters. The summed E-state index contributed by atoms with van der Waals surface area (Å²) in [6.07, 6.45) is 2.83. The number of anilines is 1. The van der Waals surface area contributed by atoms with Crippen molar-refractivity contribution in [3.63, 3.8) is 0 Å². The van der Waals surface area contributed by atoms with Gasteiger partial charge in [-0.15, -0.1) is 21.5 Å². The van der Waals surface area contributed by atoms with Crippen LogP contribution in [0.15, 0.2) is 35.8 Å². The van der Waals surface area contributed by atoms with Gasteiger partial charge in [0.2, 0.25) is 0 Å². The first-order chi connectivity index (χ1) is 9.34. The molecular formula is C13H15N5S. The Bertz CT molecular complexity index is 672. The van der Waals surface area contributed by atoms with Crippen molar-refractivity contribution in [2.75, 3.05) is 12.3 Å². The maximum Gasteiger partial charge on any atom is 0.160 e. The molecule has 3 rings (SSSR count). The number of thiophene rings is 1. The van der Waals surface area contributed by atoms with Crippen LogP contribution in [0.2, 0.25) is 0 Å². The first kappa shape index (κ1) is 12.1. The molecule has 3 aromatic heterocycles. The highest BCUT2D eigenvalue weighted by molar-refractivity contribution is 7.10. The van der Waals surface area contributed by atoms with E-state index in [2.05, 4.69) is 15.5 Å². The number of nitrogens with one attached hydrogen (secondary N) is 1. The maximum atomic E-state index is 5.84. The van der Waals surface area contributed by atoms with Gasteiger partial charge in [0.1, 0.15) is 5.82 Å². The molecule has 6 heteroatoms. The Kier molecular flexibility index (Phi) is 3.43. The molecule has 0 aliphatic carbocycles. The molecule has 0 aromatic carbocycles. The molecule has 0 radical (unpaired) electrons. The molecule has 0 saturated heterocycles. The molecule has 0 saturated carbocycles. The Morgan fingerprint density at radius 1 is 1.26 bits per heavy atom. The van der Waals surface area contributed by atoms with Crippen LogP contribution in [0.5, 0.6) is 0 Å². The van der Waals surface area contributed by atoms with Gasteiger partial charge in [0.15, 0.2) is 5.65 Å². The van der Waals surface area contributed by atoms with Crippen LogP contribution in [-0.4, -0.2) is 21.1 Å². The molecule has 0 spiro atoms. The third-order valence-corrected chi connectivity index (χ3v) is 3.91. The average molecular weight is 273 g/mol. The second kappa shape index (κ2) is 5.38. The highest BCUT2D eigenvalue weighted by atomic mass is 32.1. The van der Waals surface area contributed by atoms with Gasteiger partial charge in [-0.1, -0.05) is 6.07 Å². The fourth-order valence-electron chi connectivity index (χ4n) is 1.96.